The van der Waals surface area contributed by atoms with Crippen LogP contribution in [0.4, 0.5) is 0 Å². The van der Waals surface area contributed by atoms with Gasteiger partial charge in [-0.05, 0) is 44.4 Å². The molecule has 18 heavy (non-hydrogen) atoms. The lowest BCUT2D eigenvalue weighted by Gasteiger charge is -2.44. The van der Waals surface area contributed by atoms with Gasteiger partial charge in [-0.15, -0.1) is 0 Å². The molecule has 0 spiro atoms. The average molecular weight is 253 g/mol. The summed E-state index contributed by atoms with van der Waals surface area (Å²) in [4.78, 5) is 25.6. The number of hydrogen-bond donors (Lipinski definition) is 1. The van der Waals surface area contributed by atoms with Gasteiger partial charge in [-0.3, -0.25) is 4.79 Å². The summed E-state index contributed by atoms with van der Waals surface area (Å²) < 4.78 is 0. The Hall–Kier alpha value is -1.06. The number of amides is 1. The molecule has 1 heterocycles. The minimum Gasteiger partial charge on any atom is -0.479 e. The van der Waals surface area contributed by atoms with Crippen LogP contribution in [0, 0.1) is 5.92 Å². The van der Waals surface area contributed by atoms with E-state index >= 15 is 0 Å². The van der Waals surface area contributed by atoms with E-state index in [1.165, 1.54) is 0 Å². The lowest BCUT2D eigenvalue weighted by atomic mass is 9.75. The van der Waals surface area contributed by atoms with E-state index in [0.29, 0.717) is 31.7 Å². The number of nitrogens with zero attached hydrogens (tertiary/aromatic N) is 1. The van der Waals surface area contributed by atoms with Gasteiger partial charge < -0.3 is 10.0 Å². The molecule has 1 saturated heterocycles. The second-order valence-corrected chi connectivity index (χ2v) is 5.88. The fourth-order valence-corrected chi connectivity index (χ4v) is 3.27. The summed E-state index contributed by atoms with van der Waals surface area (Å²) in [5.74, 6) is -0.173. The molecule has 4 nitrogen and oxygen atoms in total. The number of carboxylic acid groups (broad SMARTS) is 1. The Morgan fingerprint density at radius 3 is 2.56 bits per heavy atom. The number of aliphatic carboxylic acids is 1. The maximum atomic E-state index is 12.2. The van der Waals surface area contributed by atoms with Gasteiger partial charge in [0, 0.05) is 13.0 Å². The summed E-state index contributed by atoms with van der Waals surface area (Å²) in [6.45, 7) is 2.79. The van der Waals surface area contributed by atoms with E-state index in [4.69, 9.17) is 0 Å². The van der Waals surface area contributed by atoms with E-state index in [9.17, 15) is 14.7 Å². The Morgan fingerprint density at radius 2 is 1.94 bits per heavy atom. The van der Waals surface area contributed by atoms with Crippen molar-refractivity contribution in [1.82, 2.24) is 4.90 Å². The highest BCUT2D eigenvalue weighted by Crippen LogP contribution is 2.38. The molecule has 1 aliphatic carbocycles. The molecule has 0 bridgehead atoms. The molecule has 2 fully saturated rings. The molecule has 1 N–H and O–H groups in total. The molecule has 2 aliphatic rings. The van der Waals surface area contributed by atoms with E-state index in [-0.39, 0.29) is 5.91 Å². The quantitative estimate of drug-likeness (QED) is 0.822. The monoisotopic (exact) mass is 253 g/mol. The Kier molecular flexibility index (Phi) is 3.93. The van der Waals surface area contributed by atoms with E-state index in [1.54, 1.807) is 4.90 Å². The first-order chi connectivity index (χ1) is 8.56. The summed E-state index contributed by atoms with van der Waals surface area (Å²) in [6, 6.07) is 0. The average Bonchev–Trinajstić information content (AvgIpc) is 2.55. The SMILES string of the molecule is CC1CCC(C(=O)O)(N2CCCCCC2=O)CC1. The summed E-state index contributed by atoms with van der Waals surface area (Å²) in [7, 11) is 0. The van der Waals surface area contributed by atoms with Crippen molar-refractivity contribution in [3.8, 4) is 0 Å². The summed E-state index contributed by atoms with van der Waals surface area (Å²) in [6.07, 6.45) is 6.47. The van der Waals surface area contributed by atoms with Gasteiger partial charge in [-0.25, -0.2) is 4.79 Å². The van der Waals surface area contributed by atoms with Crippen LogP contribution in [-0.4, -0.2) is 34.0 Å². The number of hydrogen-bond acceptors (Lipinski definition) is 2. The zero-order chi connectivity index (χ0) is 13.2. The molecule has 0 atom stereocenters. The van der Waals surface area contributed by atoms with Crippen molar-refractivity contribution in [2.45, 2.75) is 63.8 Å². The summed E-state index contributed by atoms with van der Waals surface area (Å²) >= 11 is 0. The normalized spacial score (nSPS) is 34.2. The van der Waals surface area contributed by atoms with Crippen molar-refractivity contribution in [1.29, 1.82) is 0 Å². The van der Waals surface area contributed by atoms with E-state index < -0.39 is 11.5 Å². The van der Waals surface area contributed by atoms with Crippen LogP contribution in [-0.2, 0) is 9.59 Å². The van der Waals surface area contributed by atoms with Gasteiger partial charge in [0.05, 0.1) is 0 Å². The molecular formula is C14H23NO3. The molecule has 0 aromatic carbocycles. The first kappa shape index (κ1) is 13.4. The third-order valence-corrected chi connectivity index (χ3v) is 4.59. The zero-order valence-electron chi connectivity index (χ0n) is 11.2. The number of carboxylic acids is 1. The highest BCUT2D eigenvalue weighted by Gasteiger charge is 2.48. The first-order valence-corrected chi connectivity index (χ1v) is 7.10. The van der Waals surface area contributed by atoms with Gasteiger partial charge in [-0.1, -0.05) is 13.3 Å². The van der Waals surface area contributed by atoms with Gasteiger partial charge >= 0.3 is 5.97 Å². The minimum absolute atomic E-state index is 0.0458. The first-order valence-electron chi connectivity index (χ1n) is 7.10. The van der Waals surface area contributed by atoms with Crippen molar-refractivity contribution in [2.24, 2.45) is 5.92 Å². The zero-order valence-corrected chi connectivity index (χ0v) is 11.2. The van der Waals surface area contributed by atoms with Crippen LogP contribution in [0.15, 0.2) is 0 Å². The fraction of sp³-hybridized carbons (Fsp3) is 0.857. The lowest BCUT2D eigenvalue weighted by Crippen LogP contribution is -2.58. The molecule has 1 amide bonds. The third-order valence-electron chi connectivity index (χ3n) is 4.59. The molecule has 1 aliphatic heterocycles. The van der Waals surface area contributed by atoms with Crippen LogP contribution in [0.2, 0.25) is 0 Å². The van der Waals surface area contributed by atoms with Crippen LogP contribution in [0.3, 0.4) is 0 Å². The predicted molar refractivity (Wildman–Crippen MR) is 68.2 cm³/mol. The number of carbonyl (C=O) groups is 2. The van der Waals surface area contributed by atoms with Gasteiger partial charge in [0.15, 0.2) is 0 Å². The van der Waals surface area contributed by atoms with Crippen molar-refractivity contribution >= 4 is 11.9 Å². The minimum atomic E-state index is -0.909. The lowest BCUT2D eigenvalue weighted by molar-refractivity contribution is -0.162. The maximum Gasteiger partial charge on any atom is 0.329 e. The molecule has 0 aromatic rings. The van der Waals surface area contributed by atoms with Crippen molar-refractivity contribution in [3.63, 3.8) is 0 Å². The number of rotatable bonds is 2. The van der Waals surface area contributed by atoms with Crippen LogP contribution in [0.1, 0.15) is 58.3 Å². The Labute approximate surface area is 108 Å². The Balaban J connectivity index is 2.23. The summed E-state index contributed by atoms with van der Waals surface area (Å²) in [5, 5.41) is 9.64. The molecule has 1 saturated carbocycles. The van der Waals surface area contributed by atoms with E-state index in [0.717, 1.165) is 32.1 Å². The van der Waals surface area contributed by atoms with Gasteiger partial charge in [0.25, 0.3) is 0 Å². The van der Waals surface area contributed by atoms with E-state index in [2.05, 4.69) is 6.92 Å². The molecule has 2 rings (SSSR count). The highest BCUT2D eigenvalue weighted by molar-refractivity contribution is 5.87. The van der Waals surface area contributed by atoms with Crippen molar-refractivity contribution in [3.05, 3.63) is 0 Å². The number of likely N-dealkylation sites (tertiary alicyclic amines) is 1. The second-order valence-electron chi connectivity index (χ2n) is 5.88. The molecule has 102 valence electrons. The Morgan fingerprint density at radius 1 is 1.28 bits per heavy atom. The van der Waals surface area contributed by atoms with Crippen LogP contribution in [0.5, 0.6) is 0 Å². The molecular weight excluding hydrogens is 230 g/mol. The summed E-state index contributed by atoms with van der Waals surface area (Å²) in [5.41, 5.74) is -0.909. The molecule has 0 radical (unpaired) electrons. The highest BCUT2D eigenvalue weighted by atomic mass is 16.4. The number of carbonyl (C=O) groups excluding carboxylic acids is 1. The van der Waals surface area contributed by atoms with Crippen LogP contribution < -0.4 is 0 Å². The molecule has 0 unspecified atom stereocenters. The van der Waals surface area contributed by atoms with Gasteiger partial charge in [0.1, 0.15) is 5.54 Å². The maximum absolute atomic E-state index is 12.2. The topological polar surface area (TPSA) is 57.6 Å². The Bertz CT molecular complexity index is 332. The molecule has 0 aromatic heterocycles. The molecule has 4 heteroatoms. The van der Waals surface area contributed by atoms with Crippen LogP contribution in [0.25, 0.3) is 0 Å². The van der Waals surface area contributed by atoms with Crippen LogP contribution >= 0.6 is 0 Å². The largest absolute Gasteiger partial charge is 0.479 e. The third kappa shape index (κ3) is 2.38. The van der Waals surface area contributed by atoms with Crippen molar-refractivity contribution < 1.29 is 14.7 Å². The smallest absolute Gasteiger partial charge is 0.329 e. The van der Waals surface area contributed by atoms with Gasteiger partial charge in [-0.2, -0.15) is 0 Å². The fourth-order valence-electron chi connectivity index (χ4n) is 3.27. The van der Waals surface area contributed by atoms with E-state index in [1.807, 2.05) is 0 Å². The van der Waals surface area contributed by atoms with Crippen molar-refractivity contribution in [2.75, 3.05) is 6.54 Å². The standard InChI is InChI=1S/C14H23NO3/c1-11-6-8-14(9-7-11,13(17)18)15-10-4-2-3-5-12(15)16/h11H,2-10H2,1H3,(H,17,18). The second kappa shape index (κ2) is 5.29. The van der Waals surface area contributed by atoms with Gasteiger partial charge in [0.2, 0.25) is 5.91 Å². The predicted octanol–water partition coefficient (Wildman–Crippen LogP) is 2.42.